The Kier molecular flexibility index (Phi) is 5.76. The van der Waals surface area contributed by atoms with Gasteiger partial charge in [-0.3, -0.25) is 9.59 Å². The molecule has 0 aliphatic carbocycles. The molecule has 3 heterocycles. The number of nitrogens with zero attached hydrogens (tertiary/aromatic N) is 2. The van der Waals surface area contributed by atoms with E-state index in [1.165, 1.54) is 11.3 Å². The fraction of sp³-hybridized carbons (Fsp3) is 0.526. The standard InChI is InChI=1S/C19H25N3O3S/c1-12(2)18(24)20-14-5-4-8-22(10-14)17(23)9-15-11-26-19(21-15)16-7-6-13(3)25-16/h6-7,11-12,14H,4-5,8-10H2,1-3H3,(H,20,24)/t14-/m1/s1. The van der Waals surface area contributed by atoms with Crippen molar-refractivity contribution in [3.05, 3.63) is 29.0 Å². The van der Waals surface area contributed by atoms with Crippen LogP contribution in [0.25, 0.3) is 10.8 Å². The minimum Gasteiger partial charge on any atom is -0.459 e. The van der Waals surface area contributed by atoms with Crippen molar-refractivity contribution in [2.75, 3.05) is 13.1 Å². The normalized spacial score (nSPS) is 17.5. The van der Waals surface area contributed by atoms with Gasteiger partial charge in [0.2, 0.25) is 11.8 Å². The molecule has 0 saturated carbocycles. The number of furan rings is 1. The van der Waals surface area contributed by atoms with Crippen LogP contribution in [0.1, 0.15) is 38.1 Å². The minimum atomic E-state index is -0.0419. The predicted octanol–water partition coefficient (Wildman–Crippen LogP) is 3.02. The highest BCUT2D eigenvalue weighted by atomic mass is 32.1. The Morgan fingerprint density at radius 1 is 1.42 bits per heavy atom. The quantitative estimate of drug-likeness (QED) is 0.872. The van der Waals surface area contributed by atoms with Crippen molar-refractivity contribution >= 4 is 23.2 Å². The molecule has 2 aromatic heterocycles. The monoisotopic (exact) mass is 375 g/mol. The van der Waals surface area contributed by atoms with E-state index in [-0.39, 0.29) is 30.2 Å². The number of hydrogen-bond acceptors (Lipinski definition) is 5. The van der Waals surface area contributed by atoms with Gasteiger partial charge in [0, 0.05) is 30.4 Å². The number of thiazole rings is 1. The van der Waals surface area contributed by atoms with Gasteiger partial charge in [0.1, 0.15) is 5.76 Å². The second-order valence-electron chi connectivity index (χ2n) is 7.07. The minimum absolute atomic E-state index is 0.0414. The first-order chi connectivity index (χ1) is 12.4. The van der Waals surface area contributed by atoms with E-state index in [0.29, 0.717) is 6.54 Å². The highest BCUT2D eigenvalue weighted by Gasteiger charge is 2.26. The van der Waals surface area contributed by atoms with Gasteiger partial charge in [-0.15, -0.1) is 11.3 Å². The van der Waals surface area contributed by atoms with Gasteiger partial charge in [-0.05, 0) is 31.9 Å². The molecule has 2 aromatic rings. The van der Waals surface area contributed by atoms with E-state index in [1.807, 2.05) is 43.2 Å². The third-order valence-corrected chi connectivity index (χ3v) is 5.39. The predicted molar refractivity (Wildman–Crippen MR) is 101 cm³/mol. The molecule has 7 heteroatoms. The van der Waals surface area contributed by atoms with Crippen LogP contribution in [0.15, 0.2) is 21.9 Å². The van der Waals surface area contributed by atoms with Gasteiger partial charge in [0.25, 0.3) is 0 Å². The van der Waals surface area contributed by atoms with Crippen molar-refractivity contribution in [3.63, 3.8) is 0 Å². The molecule has 0 radical (unpaired) electrons. The maximum Gasteiger partial charge on any atom is 0.228 e. The lowest BCUT2D eigenvalue weighted by atomic mass is 10.0. The van der Waals surface area contributed by atoms with Gasteiger partial charge in [-0.2, -0.15) is 0 Å². The number of aryl methyl sites for hydroxylation is 1. The maximum atomic E-state index is 12.6. The average Bonchev–Trinajstić information content (AvgIpc) is 3.24. The summed E-state index contributed by atoms with van der Waals surface area (Å²) in [6, 6.07) is 3.84. The Bertz CT molecular complexity index is 781. The Morgan fingerprint density at radius 2 is 2.23 bits per heavy atom. The number of carbonyl (C=O) groups excluding carboxylic acids is 2. The topological polar surface area (TPSA) is 75.4 Å². The maximum absolute atomic E-state index is 12.6. The van der Waals surface area contributed by atoms with E-state index >= 15 is 0 Å². The van der Waals surface area contributed by atoms with Gasteiger partial charge in [0.15, 0.2) is 10.8 Å². The molecule has 1 saturated heterocycles. The second kappa shape index (κ2) is 8.03. The van der Waals surface area contributed by atoms with Crippen LogP contribution in [-0.4, -0.2) is 40.8 Å². The lowest BCUT2D eigenvalue weighted by Crippen LogP contribution is -2.50. The molecule has 140 valence electrons. The highest BCUT2D eigenvalue weighted by molar-refractivity contribution is 7.13. The summed E-state index contributed by atoms with van der Waals surface area (Å²) in [5.74, 6) is 1.64. The van der Waals surface area contributed by atoms with Gasteiger partial charge in [0.05, 0.1) is 12.1 Å². The average molecular weight is 375 g/mol. The van der Waals surface area contributed by atoms with E-state index < -0.39 is 0 Å². The van der Waals surface area contributed by atoms with Crippen LogP contribution in [-0.2, 0) is 16.0 Å². The van der Waals surface area contributed by atoms with E-state index in [0.717, 1.165) is 41.6 Å². The number of hydrogen-bond donors (Lipinski definition) is 1. The largest absolute Gasteiger partial charge is 0.459 e. The van der Waals surface area contributed by atoms with Crippen LogP contribution >= 0.6 is 11.3 Å². The lowest BCUT2D eigenvalue weighted by molar-refractivity contribution is -0.133. The third-order valence-electron chi connectivity index (χ3n) is 4.48. The molecule has 1 aliphatic rings. The molecule has 1 aliphatic heterocycles. The van der Waals surface area contributed by atoms with Crippen LogP contribution in [0, 0.1) is 12.8 Å². The molecule has 0 aromatic carbocycles. The smallest absolute Gasteiger partial charge is 0.228 e. The van der Waals surface area contributed by atoms with Gasteiger partial charge < -0.3 is 14.6 Å². The van der Waals surface area contributed by atoms with Crippen molar-refractivity contribution in [1.29, 1.82) is 0 Å². The summed E-state index contributed by atoms with van der Waals surface area (Å²) in [5, 5.41) is 5.74. The fourth-order valence-electron chi connectivity index (χ4n) is 3.01. The summed E-state index contributed by atoms with van der Waals surface area (Å²) in [6.45, 7) is 6.96. The molecule has 2 amide bonds. The molecule has 1 N–H and O–H groups in total. The van der Waals surface area contributed by atoms with Crippen molar-refractivity contribution in [2.45, 2.75) is 46.1 Å². The number of amides is 2. The first kappa shape index (κ1) is 18.6. The molecule has 3 rings (SSSR count). The fourth-order valence-corrected chi connectivity index (χ4v) is 3.79. The van der Waals surface area contributed by atoms with Crippen molar-refractivity contribution < 1.29 is 14.0 Å². The van der Waals surface area contributed by atoms with Crippen LogP contribution in [0.4, 0.5) is 0 Å². The molecule has 26 heavy (non-hydrogen) atoms. The van der Waals surface area contributed by atoms with Crippen LogP contribution in [0.5, 0.6) is 0 Å². The molecule has 0 unspecified atom stereocenters. The van der Waals surface area contributed by atoms with E-state index in [2.05, 4.69) is 10.3 Å². The summed E-state index contributed by atoms with van der Waals surface area (Å²) < 4.78 is 5.59. The summed E-state index contributed by atoms with van der Waals surface area (Å²) >= 11 is 1.48. The van der Waals surface area contributed by atoms with E-state index in [4.69, 9.17) is 4.42 Å². The van der Waals surface area contributed by atoms with Gasteiger partial charge >= 0.3 is 0 Å². The summed E-state index contributed by atoms with van der Waals surface area (Å²) in [7, 11) is 0. The molecule has 0 bridgehead atoms. The Labute approximate surface area is 157 Å². The van der Waals surface area contributed by atoms with Crippen molar-refractivity contribution in [2.24, 2.45) is 5.92 Å². The second-order valence-corrected chi connectivity index (χ2v) is 7.93. The van der Waals surface area contributed by atoms with E-state index in [1.54, 1.807) is 0 Å². The van der Waals surface area contributed by atoms with Crippen molar-refractivity contribution in [3.8, 4) is 10.8 Å². The SMILES string of the molecule is Cc1ccc(-c2nc(CC(=O)N3CCC[C@@H](NC(=O)C(C)C)C3)cs2)o1. The first-order valence-corrected chi connectivity index (χ1v) is 9.89. The Morgan fingerprint density at radius 3 is 2.92 bits per heavy atom. The molecule has 0 spiro atoms. The number of piperidine rings is 1. The first-order valence-electron chi connectivity index (χ1n) is 9.01. The number of carbonyl (C=O) groups is 2. The van der Waals surface area contributed by atoms with Crippen molar-refractivity contribution in [1.82, 2.24) is 15.2 Å². The Balaban J connectivity index is 1.57. The van der Waals surface area contributed by atoms with Gasteiger partial charge in [-0.25, -0.2) is 4.98 Å². The number of likely N-dealkylation sites (tertiary alicyclic amines) is 1. The zero-order valence-corrected chi connectivity index (χ0v) is 16.3. The Hall–Kier alpha value is -2.15. The lowest BCUT2D eigenvalue weighted by Gasteiger charge is -2.33. The number of nitrogens with one attached hydrogen (secondary N) is 1. The molecular formula is C19H25N3O3S. The molecule has 1 atom stereocenters. The zero-order valence-electron chi connectivity index (χ0n) is 15.4. The van der Waals surface area contributed by atoms with Gasteiger partial charge in [-0.1, -0.05) is 13.8 Å². The van der Waals surface area contributed by atoms with Crippen LogP contribution in [0.3, 0.4) is 0 Å². The van der Waals surface area contributed by atoms with E-state index in [9.17, 15) is 9.59 Å². The number of rotatable bonds is 5. The third kappa shape index (κ3) is 4.52. The van der Waals surface area contributed by atoms with Crippen LogP contribution < -0.4 is 5.32 Å². The summed E-state index contributed by atoms with van der Waals surface area (Å²) in [6.07, 6.45) is 2.10. The summed E-state index contributed by atoms with van der Waals surface area (Å²) in [4.78, 5) is 30.9. The number of aromatic nitrogens is 1. The highest BCUT2D eigenvalue weighted by Crippen LogP contribution is 2.26. The zero-order chi connectivity index (χ0) is 18.7. The molecule has 1 fully saturated rings. The summed E-state index contributed by atoms with van der Waals surface area (Å²) in [5.41, 5.74) is 0.761. The molecule has 6 nitrogen and oxygen atoms in total. The molecular weight excluding hydrogens is 350 g/mol. The van der Waals surface area contributed by atoms with Crippen LogP contribution in [0.2, 0.25) is 0 Å².